The van der Waals surface area contributed by atoms with Crippen LogP contribution in [-0.4, -0.2) is 102 Å². The fraction of sp³-hybridized carbons (Fsp3) is 0.667. The van der Waals surface area contributed by atoms with Crippen molar-refractivity contribution in [1.29, 1.82) is 0 Å². The molecule has 1 heterocycles. The van der Waals surface area contributed by atoms with Crippen molar-refractivity contribution in [1.82, 2.24) is 42.5 Å². The third-order valence-corrected chi connectivity index (χ3v) is 12.5. The first-order valence-electron chi connectivity index (χ1n) is 24.7. The van der Waals surface area contributed by atoms with Gasteiger partial charge in [-0.1, -0.05) is 139 Å². The smallest absolute Gasteiger partial charge is 0.329 e. The van der Waals surface area contributed by atoms with E-state index in [4.69, 9.17) is 4.74 Å². The second-order valence-electron chi connectivity index (χ2n) is 19.8. The van der Waals surface area contributed by atoms with Gasteiger partial charge >= 0.3 is 5.97 Å². The SMILES string of the molecule is C/C=C1\NC(=O)[C@H](Cc2ccccc2)NC(=O)[C@@H](C(C)C)NC(=O)[C@@H]([C@H](C)CC)NC(=O)[C@H](NC(=O)[C@H](NC(=O)[C@H](NC(=O)CCCC(C)C)C(C)C)[C@H](C)CC)[C@H](C)OC(=O)[C@H](C(C)C)NC1=O. The van der Waals surface area contributed by atoms with E-state index in [9.17, 15) is 43.2 Å². The van der Waals surface area contributed by atoms with Crippen LogP contribution >= 0.6 is 0 Å². The quantitative estimate of drug-likeness (QED) is 0.0785. The van der Waals surface area contributed by atoms with Crippen LogP contribution in [0.25, 0.3) is 0 Å². The largest absolute Gasteiger partial charge is 0.458 e. The van der Waals surface area contributed by atoms with Crippen LogP contribution < -0.4 is 42.5 Å². The summed E-state index contributed by atoms with van der Waals surface area (Å²) in [5, 5.41) is 21.8. The molecule has 386 valence electrons. The Balaban J connectivity index is 2.71. The highest BCUT2D eigenvalue weighted by atomic mass is 16.5. The molecule has 1 aromatic rings. The van der Waals surface area contributed by atoms with Crippen molar-refractivity contribution in [3.05, 3.63) is 47.7 Å². The average Bonchev–Trinajstić information content (AvgIpc) is 3.29. The summed E-state index contributed by atoms with van der Waals surface area (Å²) in [7, 11) is 0. The highest BCUT2D eigenvalue weighted by Gasteiger charge is 2.41. The first kappa shape index (κ1) is 59.3. The summed E-state index contributed by atoms with van der Waals surface area (Å²) >= 11 is 0. The average molecular weight is 967 g/mol. The third-order valence-electron chi connectivity index (χ3n) is 12.5. The van der Waals surface area contributed by atoms with Crippen LogP contribution in [-0.2, 0) is 54.3 Å². The zero-order chi connectivity index (χ0) is 52.3. The van der Waals surface area contributed by atoms with Crippen molar-refractivity contribution in [2.24, 2.45) is 35.5 Å². The number of amides is 8. The van der Waals surface area contributed by atoms with E-state index in [1.165, 1.54) is 19.9 Å². The molecule has 0 spiro atoms. The lowest BCUT2D eigenvalue weighted by Gasteiger charge is -2.33. The van der Waals surface area contributed by atoms with E-state index in [2.05, 4.69) is 56.4 Å². The van der Waals surface area contributed by atoms with Crippen molar-refractivity contribution in [2.45, 2.75) is 184 Å². The lowest BCUT2D eigenvalue weighted by molar-refractivity contribution is -0.157. The molecule has 1 saturated heterocycles. The van der Waals surface area contributed by atoms with Crippen LogP contribution in [0.1, 0.15) is 135 Å². The van der Waals surface area contributed by atoms with Gasteiger partial charge in [-0.05, 0) is 61.3 Å². The summed E-state index contributed by atoms with van der Waals surface area (Å²) < 4.78 is 5.89. The maximum Gasteiger partial charge on any atom is 0.329 e. The highest BCUT2D eigenvalue weighted by molar-refractivity contribution is 6.02. The van der Waals surface area contributed by atoms with E-state index in [1.54, 1.807) is 92.6 Å². The number of hydrogen-bond acceptors (Lipinski definition) is 10. The molecule has 0 aromatic heterocycles. The Kier molecular flexibility index (Phi) is 24.6. The number of carbonyl (C=O) groups excluding carboxylic acids is 9. The Hall–Kier alpha value is -5.81. The lowest BCUT2D eigenvalue weighted by atomic mass is 9.95. The summed E-state index contributed by atoms with van der Waals surface area (Å²) in [4.78, 5) is 126. The van der Waals surface area contributed by atoms with E-state index in [1.807, 2.05) is 6.92 Å². The molecule has 18 nitrogen and oxygen atoms in total. The highest BCUT2D eigenvalue weighted by Crippen LogP contribution is 2.17. The summed E-state index contributed by atoms with van der Waals surface area (Å²) in [5.41, 5.74) is 0.467. The van der Waals surface area contributed by atoms with Gasteiger partial charge in [0.15, 0.2) is 0 Å². The minimum absolute atomic E-state index is 0.0162. The van der Waals surface area contributed by atoms with Gasteiger partial charge in [0.05, 0.1) is 0 Å². The third kappa shape index (κ3) is 18.6. The van der Waals surface area contributed by atoms with Crippen molar-refractivity contribution in [3.63, 3.8) is 0 Å². The number of rotatable bonds is 18. The first-order chi connectivity index (χ1) is 32.4. The predicted octanol–water partition coefficient (Wildman–Crippen LogP) is 3.47. The molecule has 0 saturated carbocycles. The maximum absolute atomic E-state index is 14.7. The van der Waals surface area contributed by atoms with E-state index in [0.717, 1.165) is 6.42 Å². The molecule has 10 atom stereocenters. The predicted molar refractivity (Wildman–Crippen MR) is 263 cm³/mol. The molecule has 1 aliphatic rings. The normalized spacial score (nSPS) is 23.8. The van der Waals surface area contributed by atoms with E-state index >= 15 is 0 Å². The van der Waals surface area contributed by atoms with E-state index in [0.29, 0.717) is 30.7 Å². The molecule has 2 rings (SSSR count). The van der Waals surface area contributed by atoms with Crippen molar-refractivity contribution in [3.8, 4) is 0 Å². The van der Waals surface area contributed by atoms with Crippen LogP contribution in [0, 0.1) is 35.5 Å². The fourth-order valence-electron chi connectivity index (χ4n) is 7.60. The fourth-order valence-corrected chi connectivity index (χ4v) is 7.60. The number of hydrogen-bond donors (Lipinski definition) is 8. The molecule has 1 aliphatic heterocycles. The van der Waals surface area contributed by atoms with Gasteiger partial charge in [0.2, 0.25) is 41.4 Å². The van der Waals surface area contributed by atoms with Gasteiger partial charge in [-0.3, -0.25) is 38.4 Å². The van der Waals surface area contributed by atoms with Crippen molar-refractivity contribution < 1.29 is 47.9 Å². The first-order valence-corrected chi connectivity index (χ1v) is 24.7. The van der Waals surface area contributed by atoms with Gasteiger partial charge in [-0.2, -0.15) is 0 Å². The molecule has 0 aliphatic carbocycles. The second kappa shape index (κ2) is 28.6. The molecule has 0 bridgehead atoms. The van der Waals surface area contributed by atoms with Gasteiger partial charge in [-0.25, -0.2) is 4.79 Å². The molecule has 69 heavy (non-hydrogen) atoms. The van der Waals surface area contributed by atoms with Gasteiger partial charge in [-0.15, -0.1) is 0 Å². The molecule has 18 heteroatoms. The minimum Gasteiger partial charge on any atom is -0.458 e. The molecular weight excluding hydrogens is 885 g/mol. The van der Waals surface area contributed by atoms with E-state index < -0.39 is 119 Å². The molecule has 0 radical (unpaired) electrons. The molecule has 1 fully saturated rings. The number of nitrogens with one attached hydrogen (secondary N) is 8. The van der Waals surface area contributed by atoms with Gasteiger partial charge in [0.25, 0.3) is 5.91 Å². The molecule has 8 N–H and O–H groups in total. The van der Waals surface area contributed by atoms with Crippen LogP contribution in [0.5, 0.6) is 0 Å². The van der Waals surface area contributed by atoms with Crippen LogP contribution in [0.4, 0.5) is 0 Å². The number of allylic oxidation sites excluding steroid dienone is 1. The number of benzene rings is 1. The summed E-state index contributed by atoms with van der Waals surface area (Å²) in [6, 6.07) is -0.0730. The summed E-state index contributed by atoms with van der Waals surface area (Å²) in [6.45, 7) is 24.3. The zero-order valence-corrected chi connectivity index (χ0v) is 43.4. The van der Waals surface area contributed by atoms with Crippen LogP contribution in [0.2, 0.25) is 0 Å². The number of cyclic esters (lactones) is 1. The van der Waals surface area contributed by atoms with Crippen molar-refractivity contribution in [2.75, 3.05) is 0 Å². The number of carbonyl (C=O) groups is 9. The molecule has 1 aromatic carbocycles. The van der Waals surface area contributed by atoms with Gasteiger partial charge in [0, 0.05) is 12.8 Å². The zero-order valence-electron chi connectivity index (χ0n) is 43.4. The van der Waals surface area contributed by atoms with Crippen LogP contribution in [0.15, 0.2) is 42.1 Å². The van der Waals surface area contributed by atoms with Gasteiger partial charge < -0.3 is 47.3 Å². The Morgan fingerprint density at radius 2 is 1.29 bits per heavy atom. The minimum atomic E-state index is -1.68. The number of esters is 1. The van der Waals surface area contributed by atoms with Crippen molar-refractivity contribution >= 4 is 53.2 Å². The Labute approximate surface area is 409 Å². The Bertz CT molecular complexity index is 1950. The van der Waals surface area contributed by atoms with Crippen LogP contribution in [0.3, 0.4) is 0 Å². The molecular formula is C51H82N8O10. The number of ether oxygens (including phenoxy) is 1. The van der Waals surface area contributed by atoms with Gasteiger partial charge in [0.1, 0.15) is 54.1 Å². The topological polar surface area (TPSA) is 259 Å². The Morgan fingerprint density at radius 3 is 1.83 bits per heavy atom. The maximum atomic E-state index is 14.7. The molecule has 0 unspecified atom stereocenters. The standard InChI is InChI=1S/C51H82N8O10/c1-15-31(12)41-48(65)55-39(29(8)9)46(63)53-36(26-34-23-19-18-20-24-34)45(62)52-35(17-3)44(61)56-40(30(10)11)51(68)69-33(14)43(50(67)58-41)59-49(66)42(32(13)16-2)57-47(64)38(28(6)7)54-37(60)25-21-22-27(4)5/h17-20,23-24,27-33,36,38-43H,15-16,21-22,25-26H2,1-14H3,(H,52,62)(H,53,63)(H,54,60)(H,55,65)(H,56,61)(H,57,64)(H,58,67)(H,59,66)/b35-17-/t31-,32-,33+,36+,38-,39-,40+,41-,42-,43-/m1/s1. The monoisotopic (exact) mass is 967 g/mol. The summed E-state index contributed by atoms with van der Waals surface area (Å²) in [6.07, 6.45) is 2.40. The summed E-state index contributed by atoms with van der Waals surface area (Å²) in [5.74, 6) is -8.73. The molecule has 8 amide bonds. The Morgan fingerprint density at radius 1 is 0.696 bits per heavy atom. The lowest BCUT2D eigenvalue weighted by Crippen LogP contribution is -2.64. The second-order valence-corrected chi connectivity index (χ2v) is 19.8. The van der Waals surface area contributed by atoms with E-state index in [-0.39, 0.29) is 30.4 Å².